The van der Waals surface area contributed by atoms with Crippen molar-refractivity contribution in [1.29, 1.82) is 0 Å². The fourth-order valence-electron chi connectivity index (χ4n) is 3.36. The number of ether oxygens (including phenoxy) is 1. The minimum atomic E-state index is -0.939. The molecule has 4 nitrogen and oxygen atoms in total. The van der Waals surface area contributed by atoms with E-state index in [1.54, 1.807) is 6.08 Å². The molecule has 1 aliphatic heterocycles. The predicted octanol–water partition coefficient (Wildman–Crippen LogP) is 4.71. The highest BCUT2D eigenvalue weighted by Gasteiger charge is 2.09. The van der Waals surface area contributed by atoms with Crippen LogP contribution in [-0.4, -0.2) is 42.2 Å². The van der Waals surface area contributed by atoms with Crippen LogP contribution in [0.15, 0.2) is 54.6 Å². The van der Waals surface area contributed by atoms with Gasteiger partial charge in [0.25, 0.3) is 0 Å². The Bertz CT molecular complexity index is 744. The number of nitrogens with zero attached hydrogens (tertiary/aromatic N) is 1. The second-order valence-electron chi connectivity index (χ2n) is 6.92. The molecule has 0 amide bonds. The lowest BCUT2D eigenvalue weighted by Crippen LogP contribution is -2.31. The normalized spacial score (nSPS) is 15.1. The van der Waals surface area contributed by atoms with Crippen LogP contribution in [0.1, 0.15) is 31.2 Å². The molecule has 1 fully saturated rings. The first-order valence-electron chi connectivity index (χ1n) is 9.67. The number of piperidine rings is 1. The number of aliphatic carboxylic acids is 1. The number of likely N-dealkylation sites (tertiary alicyclic amines) is 1. The van der Waals surface area contributed by atoms with Gasteiger partial charge in [-0.25, -0.2) is 4.79 Å². The Hall–Kier alpha value is -2.59. The van der Waals surface area contributed by atoms with Crippen molar-refractivity contribution in [2.75, 3.05) is 26.2 Å². The summed E-state index contributed by atoms with van der Waals surface area (Å²) in [6, 6.07) is 16.0. The molecule has 1 heterocycles. The van der Waals surface area contributed by atoms with E-state index in [2.05, 4.69) is 17.0 Å². The Morgan fingerprint density at radius 2 is 1.59 bits per heavy atom. The van der Waals surface area contributed by atoms with Gasteiger partial charge >= 0.3 is 5.97 Å². The smallest absolute Gasteiger partial charge is 0.328 e. The van der Waals surface area contributed by atoms with E-state index in [0.717, 1.165) is 48.1 Å². The third-order valence-electron chi connectivity index (χ3n) is 4.85. The van der Waals surface area contributed by atoms with E-state index in [1.165, 1.54) is 32.4 Å². The third-order valence-corrected chi connectivity index (χ3v) is 4.85. The summed E-state index contributed by atoms with van der Waals surface area (Å²) in [5.41, 5.74) is 3.08. The van der Waals surface area contributed by atoms with Crippen molar-refractivity contribution in [3.05, 3.63) is 60.2 Å². The molecule has 0 atom stereocenters. The third kappa shape index (κ3) is 6.26. The van der Waals surface area contributed by atoms with Crippen LogP contribution in [0.4, 0.5) is 0 Å². The molecule has 0 radical (unpaired) electrons. The molecular formula is C23H27NO3. The summed E-state index contributed by atoms with van der Waals surface area (Å²) in [5.74, 6) is -0.0380. The van der Waals surface area contributed by atoms with Gasteiger partial charge in [0.2, 0.25) is 0 Å². The Balaban J connectivity index is 1.47. The fraction of sp³-hybridized carbons (Fsp3) is 0.348. The van der Waals surface area contributed by atoms with Crippen LogP contribution in [-0.2, 0) is 4.79 Å². The quantitative estimate of drug-likeness (QED) is 0.544. The standard InChI is InChI=1S/C23H27NO3/c25-23(26)14-7-19-5-8-20(9-6-19)21-10-12-22(13-11-21)27-18-4-17-24-15-2-1-3-16-24/h5-14H,1-4,15-18H2,(H,25,26)/b14-7+. The molecule has 1 aliphatic rings. The number of benzene rings is 2. The summed E-state index contributed by atoms with van der Waals surface area (Å²) in [7, 11) is 0. The molecule has 4 heteroatoms. The van der Waals surface area contributed by atoms with Gasteiger partial charge in [-0.2, -0.15) is 0 Å². The van der Waals surface area contributed by atoms with Crippen LogP contribution >= 0.6 is 0 Å². The average Bonchev–Trinajstić information content (AvgIpc) is 2.71. The highest BCUT2D eigenvalue weighted by molar-refractivity contribution is 5.85. The van der Waals surface area contributed by atoms with Crippen molar-refractivity contribution < 1.29 is 14.6 Å². The van der Waals surface area contributed by atoms with Crippen molar-refractivity contribution in [2.24, 2.45) is 0 Å². The first-order chi connectivity index (χ1) is 13.2. The van der Waals surface area contributed by atoms with Crippen LogP contribution in [0.3, 0.4) is 0 Å². The van der Waals surface area contributed by atoms with Gasteiger partial charge in [-0.05, 0) is 67.3 Å². The number of hydrogen-bond acceptors (Lipinski definition) is 3. The molecule has 0 spiro atoms. The van der Waals surface area contributed by atoms with Gasteiger partial charge in [-0.1, -0.05) is 42.8 Å². The van der Waals surface area contributed by atoms with Crippen molar-refractivity contribution in [1.82, 2.24) is 4.90 Å². The summed E-state index contributed by atoms with van der Waals surface area (Å²) >= 11 is 0. The molecule has 0 saturated carbocycles. The Morgan fingerprint density at radius 1 is 0.963 bits per heavy atom. The largest absolute Gasteiger partial charge is 0.494 e. The maximum absolute atomic E-state index is 10.6. The number of carboxylic acids is 1. The van der Waals surface area contributed by atoms with Crippen LogP contribution in [0, 0.1) is 0 Å². The topological polar surface area (TPSA) is 49.8 Å². The summed E-state index contributed by atoms with van der Waals surface area (Å²) in [6.07, 6.45) is 7.84. The first kappa shape index (κ1) is 19.2. The minimum absolute atomic E-state index is 0.750. The van der Waals surface area contributed by atoms with Gasteiger partial charge in [-0.3, -0.25) is 0 Å². The molecule has 142 valence electrons. The van der Waals surface area contributed by atoms with Crippen molar-refractivity contribution >= 4 is 12.0 Å². The highest BCUT2D eigenvalue weighted by atomic mass is 16.5. The van der Waals surface area contributed by atoms with Gasteiger partial charge in [-0.15, -0.1) is 0 Å². The van der Waals surface area contributed by atoms with Gasteiger partial charge < -0.3 is 14.7 Å². The molecule has 2 aromatic carbocycles. The molecule has 1 saturated heterocycles. The van der Waals surface area contributed by atoms with Crippen LogP contribution in [0.5, 0.6) is 5.75 Å². The van der Waals surface area contributed by atoms with Gasteiger partial charge in [0.15, 0.2) is 0 Å². The van der Waals surface area contributed by atoms with Crippen molar-refractivity contribution in [3.63, 3.8) is 0 Å². The predicted molar refractivity (Wildman–Crippen MR) is 109 cm³/mol. The van der Waals surface area contributed by atoms with E-state index in [0.29, 0.717) is 0 Å². The molecule has 27 heavy (non-hydrogen) atoms. The van der Waals surface area contributed by atoms with Gasteiger partial charge in [0.1, 0.15) is 5.75 Å². The molecule has 0 unspecified atom stereocenters. The molecule has 0 aliphatic carbocycles. The second kappa shape index (κ2) is 9.93. The average molecular weight is 365 g/mol. The lowest BCUT2D eigenvalue weighted by Gasteiger charge is -2.26. The lowest BCUT2D eigenvalue weighted by atomic mass is 10.0. The van der Waals surface area contributed by atoms with Crippen LogP contribution in [0.25, 0.3) is 17.2 Å². The zero-order valence-electron chi connectivity index (χ0n) is 15.6. The molecule has 0 bridgehead atoms. The number of hydrogen-bond donors (Lipinski definition) is 1. The maximum Gasteiger partial charge on any atom is 0.328 e. The monoisotopic (exact) mass is 365 g/mol. The Labute approximate surface area is 161 Å². The number of carboxylic acid groups (broad SMARTS) is 1. The molecule has 3 rings (SSSR count). The molecule has 2 aromatic rings. The van der Waals surface area contributed by atoms with E-state index in [-0.39, 0.29) is 0 Å². The fourth-order valence-corrected chi connectivity index (χ4v) is 3.36. The maximum atomic E-state index is 10.6. The molecule has 1 N–H and O–H groups in total. The summed E-state index contributed by atoms with van der Waals surface area (Å²) in [6.45, 7) is 4.35. The lowest BCUT2D eigenvalue weighted by molar-refractivity contribution is -0.131. The Morgan fingerprint density at radius 3 is 2.22 bits per heavy atom. The summed E-state index contributed by atoms with van der Waals surface area (Å²) < 4.78 is 5.87. The zero-order chi connectivity index (χ0) is 18.9. The second-order valence-corrected chi connectivity index (χ2v) is 6.92. The van der Waals surface area contributed by atoms with Crippen LogP contribution < -0.4 is 4.74 Å². The van der Waals surface area contributed by atoms with Gasteiger partial charge in [0, 0.05) is 12.6 Å². The summed E-state index contributed by atoms with van der Waals surface area (Å²) in [4.78, 5) is 13.1. The van der Waals surface area contributed by atoms with E-state index in [9.17, 15) is 4.79 Å². The van der Waals surface area contributed by atoms with Gasteiger partial charge in [0.05, 0.1) is 6.61 Å². The first-order valence-corrected chi connectivity index (χ1v) is 9.67. The van der Waals surface area contributed by atoms with Crippen molar-refractivity contribution in [2.45, 2.75) is 25.7 Å². The summed E-state index contributed by atoms with van der Waals surface area (Å²) in [5, 5.41) is 8.68. The van der Waals surface area contributed by atoms with Crippen molar-refractivity contribution in [3.8, 4) is 16.9 Å². The zero-order valence-corrected chi connectivity index (χ0v) is 15.6. The van der Waals surface area contributed by atoms with E-state index in [4.69, 9.17) is 9.84 Å². The Kier molecular flexibility index (Phi) is 7.05. The van der Waals surface area contributed by atoms with E-state index < -0.39 is 5.97 Å². The number of rotatable bonds is 8. The molecular weight excluding hydrogens is 338 g/mol. The molecule has 0 aromatic heterocycles. The number of carbonyl (C=O) groups is 1. The highest BCUT2D eigenvalue weighted by Crippen LogP contribution is 2.23. The SMILES string of the molecule is O=C(O)/C=C/c1ccc(-c2ccc(OCCCN3CCCCC3)cc2)cc1. The van der Waals surface area contributed by atoms with E-state index >= 15 is 0 Å². The minimum Gasteiger partial charge on any atom is -0.494 e. The van der Waals surface area contributed by atoms with Crippen LogP contribution in [0.2, 0.25) is 0 Å². The van der Waals surface area contributed by atoms with E-state index in [1.807, 2.05) is 36.4 Å².